The van der Waals surface area contributed by atoms with E-state index in [9.17, 15) is 9.59 Å². The third-order valence-electron chi connectivity index (χ3n) is 14.2. The number of oxime groups is 1. The number of carbonyl (C=O) groups is 2. The Morgan fingerprint density at radius 3 is 2.38 bits per heavy atom. The molecule has 10 rings (SSSR count). The summed E-state index contributed by atoms with van der Waals surface area (Å²) in [6.07, 6.45) is 14.3. The van der Waals surface area contributed by atoms with Gasteiger partial charge in [0.25, 0.3) is 0 Å². The predicted octanol–water partition coefficient (Wildman–Crippen LogP) is 7.06. The molecule has 4 N–H and O–H groups in total. The minimum atomic E-state index is -0.351. The summed E-state index contributed by atoms with van der Waals surface area (Å²) in [6, 6.07) is 15.7. The molecule has 6 aliphatic rings. The van der Waals surface area contributed by atoms with Gasteiger partial charge in [-0.1, -0.05) is 29.9 Å². The van der Waals surface area contributed by atoms with Crippen molar-refractivity contribution in [1.29, 1.82) is 0 Å². The van der Waals surface area contributed by atoms with Crippen LogP contribution in [0.2, 0.25) is 0 Å². The Labute approximate surface area is 358 Å². The van der Waals surface area contributed by atoms with Crippen LogP contribution in [0.3, 0.4) is 0 Å². The Kier molecular flexibility index (Phi) is 12.3. The Bertz CT molecular complexity index is 2200. The zero-order chi connectivity index (χ0) is 41.9. The normalized spacial score (nSPS) is 26.6. The molecule has 2 aromatic heterocycles. The van der Waals surface area contributed by atoms with Gasteiger partial charge in [0.2, 0.25) is 11.8 Å². The van der Waals surface area contributed by atoms with Crippen molar-refractivity contribution in [2.75, 3.05) is 56.9 Å². The van der Waals surface area contributed by atoms with Crippen LogP contribution < -0.4 is 21.1 Å². The van der Waals surface area contributed by atoms with Crippen LogP contribution in [0, 0.1) is 29.6 Å². The summed E-state index contributed by atoms with van der Waals surface area (Å²) in [4.78, 5) is 45.0. The molecule has 5 saturated carbocycles. The quantitative estimate of drug-likeness (QED) is 0.0489. The van der Waals surface area contributed by atoms with Crippen LogP contribution in [0.15, 0.2) is 72.7 Å². The van der Waals surface area contributed by atoms with Gasteiger partial charge in [0, 0.05) is 50.7 Å². The van der Waals surface area contributed by atoms with Crippen molar-refractivity contribution in [3.05, 3.63) is 67.5 Å². The molecular weight excluding hydrogens is 769 g/mol. The number of nitrogens with one attached hydrogen (secondary N) is 2. The first-order chi connectivity index (χ1) is 29.8. The lowest BCUT2D eigenvalue weighted by Crippen LogP contribution is -2.52. The molecule has 61 heavy (non-hydrogen) atoms. The van der Waals surface area contributed by atoms with Gasteiger partial charge in [-0.2, -0.15) is 5.10 Å². The molecule has 14 nitrogen and oxygen atoms in total. The minimum absolute atomic E-state index is 0.165. The monoisotopic (exact) mass is 828 g/mol. The molecule has 5 aliphatic carbocycles. The van der Waals surface area contributed by atoms with Crippen molar-refractivity contribution in [3.63, 3.8) is 0 Å². The van der Waals surface area contributed by atoms with Crippen LogP contribution in [0.5, 0.6) is 11.5 Å². The lowest BCUT2D eigenvalue weighted by molar-refractivity contribution is -0.126. The Hall–Kier alpha value is -5.34. The third-order valence-corrected chi connectivity index (χ3v) is 14.2. The van der Waals surface area contributed by atoms with Gasteiger partial charge >= 0.3 is 0 Å². The summed E-state index contributed by atoms with van der Waals surface area (Å²) in [5.41, 5.74) is 10.1. The molecule has 1 aliphatic heterocycles. The van der Waals surface area contributed by atoms with Crippen LogP contribution in [0.25, 0.3) is 22.3 Å². The SMILES string of the molecule is C=CC(=O)Nc1cc(-c2nn(C3CCC(N4CCN(CC(C)=NOCCNC(=O)CC5C6CC7CC(C6)CC5C7)CC4)CC3)c3ncnc(N)c23)ccc1Oc1ccccc1. The van der Waals surface area contributed by atoms with Crippen molar-refractivity contribution in [1.82, 2.24) is 34.9 Å². The summed E-state index contributed by atoms with van der Waals surface area (Å²) in [6.45, 7) is 11.3. The van der Waals surface area contributed by atoms with Crippen molar-refractivity contribution in [2.24, 2.45) is 34.7 Å². The van der Waals surface area contributed by atoms with Gasteiger partial charge in [-0.15, -0.1) is 0 Å². The van der Waals surface area contributed by atoms with E-state index >= 15 is 0 Å². The lowest BCUT2D eigenvalue weighted by Gasteiger charge is -2.54. The molecule has 6 fully saturated rings. The van der Waals surface area contributed by atoms with Gasteiger partial charge in [-0.25, -0.2) is 14.6 Å². The topological polar surface area (TPSA) is 165 Å². The lowest BCUT2D eigenvalue weighted by atomic mass is 9.51. The van der Waals surface area contributed by atoms with Gasteiger partial charge in [0.05, 0.1) is 29.4 Å². The van der Waals surface area contributed by atoms with E-state index in [1.807, 2.05) is 60.1 Å². The zero-order valence-electron chi connectivity index (χ0n) is 35.4. The second kappa shape index (κ2) is 18.3. The first kappa shape index (κ1) is 41.0. The summed E-state index contributed by atoms with van der Waals surface area (Å²) in [5.74, 6) is 5.33. The van der Waals surface area contributed by atoms with E-state index in [-0.39, 0.29) is 17.9 Å². The minimum Gasteiger partial charge on any atom is -0.455 e. The number of nitrogens with two attached hydrogens (primary N) is 1. The number of aromatic nitrogens is 4. The number of anilines is 2. The number of ether oxygens (including phenoxy) is 1. The molecule has 2 amide bonds. The number of hydrogen-bond acceptors (Lipinski definition) is 11. The van der Waals surface area contributed by atoms with Crippen LogP contribution in [-0.4, -0.2) is 99.0 Å². The third kappa shape index (κ3) is 9.30. The van der Waals surface area contributed by atoms with Crippen molar-refractivity contribution in [2.45, 2.75) is 83.2 Å². The Morgan fingerprint density at radius 1 is 0.934 bits per heavy atom. The number of hydrogen-bond donors (Lipinski definition) is 3. The van der Waals surface area contributed by atoms with E-state index in [1.165, 1.54) is 44.5 Å². The number of para-hydroxylation sites is 1. The predicted molar refractivity (Wildman–Crippen MR) is 237 cm³/mol. The fourth-order valence-electron chi connectivity index (χ4n) is 11.5. The maximum atomic E-state index is 12.8. The fraction of sp³-hybridized carbons (Fsp3) is 0.532. The standard InChI is InChI=1S/C47H60N10O4/c1-3-42(58)52-40-26-33(9-14-41(40)61-38-7-5-4-6-8-38)45-44-46(48)50-29-51-47(44)57(53-45)37-12-10-36(11-13-37)56-18-16-55(17-19-56)28-30(2)54-60-20-15-49-43(59)27-39-34-22-31-21-32(24-34)25-35(39)23-31/h3-9,14,26,29,31-32,34-37,39H,1,10-13,15-25,27-28H2,2H3,(H,49,59)(H,52,58)(H2,48,50,51). The first-order valence-corrected chi connectivity index (χ1v) is 22.5. The molecule has 0 spiro atoms. The van der Waals surface area contributed by atoms with Crippen molar-refractivity contribution in [3.8, 4) is 22.8 Å². The van der Waals surface area contributed by atoms with Crippen molar-refractivity contribution < 1.29 is 19.2 Å². The number of benzene rings is 2. The second-order valence-electron chi connectivity index (χ2n) is 18.2. The molecule has 14 heteroatoms. The number of nitrogen functional groups attached to an aromatic ring is 1. The average molecular weight is 829 g/mol. The Balaban J connectivity index is 0.749. The summed E-state index contributed by atoms with van der Waals surface area (Å²) in [5, 5.41) is 16.2. The van der Waals surface area contributed by atoms with Gasteiger partial charge in [-0.05, 0) is 131 Å². The smallest absolute Gasteiger partial charge is 0.247 e. The molecule has 2 aromatic carbocycles. The average Bonchev–Trinajstić information content (AvgIpc) is 3.67. The molecule has 4 bridgehead atoms. The second-order valence-corrected chi connectivity index (χ2v) is 18.2. The van der Waals surface area contributed by atoms with E-state index in [2.05, 4.69) is 42.1 Å². The van der Waals surface area contributed by atoms with Gasteiger partial charge < -0.3 is 25.9 Å². The highest BCUT2D eigenvalue weighted by molar-refractivity contribution is 6.02. The molecule has 322 valence electrons. The van der Waals surface area contributed by atoms with E-state index < -0.39 is 0 Å². The van der Waals surface area contributed by atoms with Crippen LogP contribution in [0.4, 0.5) is 11.5 Å². The van der Waals surface area contributed by atoms with Gasteiger partial charge in [0.15, 0.2) is 11.4 Å². The fourth-order valence-corrected chi connectivity index (χ4v) is 11.5. The largest absolute Gasteiger partial charge is 0.455 e. The van der Waals surface area contributed by atoms with Crippen LogP contribution in [-0.2, 0) is 14.4 Å². The first-order valence-electron chi connectivity index (χ1n) is 22.5. The summed E-state index contributed by atoms with van der Waals surface area (Å²) in [7, 11) is 0. The number of rotatable bonds is 15. The van der Waals surface area contributed by atoms with Gasteiger partial charge in [0.1, 0.15) is 30.2 Å². The zero-order valence-corrected chi connectivity index (χ0v) is 35.4. The summed E-state index contributed by atoms with van der Waals surface area (Å²) < 4.78 is 8.18. The van der Waals surface area contributed by atoms with Gasteiger partial charge in [-0.3, -0.25) is 19.4 Å². The van der Waals surface area contributed by atoms with Crippen LogP contribution in [0.1, 0.15) is 77.2 Å². The highest BCUT2D eigenvalue weighted by Gasteiger charge is 2.48. The number of piperazine rings is 1. The molecule has 4 aromatic rings. The van der Waals surface area contributed by atoms with Crippen molar-refractivity contribution >= 4 is 40.1 Å². The number of carbonyl (C=O) groups excluding carboxylic acids is 2. The maximum absolute atomic E-state index is 12.8. The molecule has 0 atom stereocenters. The maximum Gasteiger partial charge on any atom is 0.247 e. The summed E-state index contributed by atoms with van der Waals surface area (Å²) >= 11 is 0. The van der Waals surface area contributed by atoms with E-state index in [4.69, 9.17) is 20.4 Å². The molecule has 0 radical (unpaired) electrons. The molecular formula is C47H60N10O4. The van der Waals surface area contributed by atoms with E-state index in [0.29, 0.717) is 71.3 Å². The number of amides is 2. The highest BCUT2D eigenvalue weighted by atomic mass is 16.6. The molecule has 0 unspecified atom stereocenters. The van der Waals surface area contributed by atoms with E-state index in [1.54, 1.807) is 0 Å². The highest BCUT2D eigenvalue weighted by Crippen LogP contribution is 2.57. The molecule has 3 heterocycles. The van der Waals surface area contributed by atoms with E-state index in [0.717, 1.165) is 93.4 Å². The Morgan fingerprint density at radius 2 is 1.66 bits per heavy atom. The number of nitrogens with zero attached hydrogens (tertiary/aromatic N) is 7. The molecule has 1 saturated heterocycles. The number of fused-ring (bicyclic) bond motifs is 1. The van der Waals surface area contributed by atoms with Crippen LogP contribution >= 0.6 is 0 Å².